The third kappa shape index (κ3) is 4.99. The van der Waals surface area contributed by atoms with Gasteiger partial charge in [-0.25, -0.2) is 4.39 Å². The maximum Gasteiger partial charge on any atom is 0.188 e. The van der Waals surface area contributed by atoms with Crippen molar-refractivity contribution in [2.75, 3.05) is 11.1 Å². The lowest BCUT2D eigenvalue weighted by molar-refractivity contribution is 0.104. The van der Waals surface area contributed by atoms with Gasteiger partial charge in [0.2, 0.25) is 0 Å². The molecule has 0 aliphatic heterocycles. The van der Waals surface area contributed by atoms with Crippen molar-refractivity contribution >= 4 is 46.4 Å². The van der Waals surface area contributed by atoms with Crippen LogP contribution in [-0.2, 0) is 0 Å². The van der Waals surface area contributed by atoms with Crippen LogP contribution in [0.3, 0.4) is 0 Å². The largest absolute Gasteiger partial charge is 0.348 e. The van der Waals surface area contributed by atoms with Gasteiger partial charge in [-0.2, -0.15) is 0 Å². The third-order valence-electron chi connectivity index (χ3n) is 2.90. The molecule has 0 aliphatic carbocycles. The zero-order valence-electron chi connectivity index (χ0n) is 12.3. The number of benzene rings is 2. The van der Waals surface area contributed by atoms with Crippen molar-refractivity contribution in [2.24, 2.45) is 0 Å². The number of anilines is 1. The second-order valence-electron chi connectivity index (χ2n) is 4.53. The van der Waals surface area contributed by atoms with E-state index in [1.165, 1.54) is 42.1 Å². The molecule has 2 aromatic rings. The van der Waals surface area contributed by atoms with Crippen molar-refractivity contribution in [3.8, 4) is 0 Å². The fraction of sp³-hybridized carbons (Fsp3) is 0.118. The molecule has 2 rings (SSSR count). The zero-order chi connectivity index (χ0) is 16.8. The van der Waals surface area contributed by atoms with Crippen molar-refractivity contribution in [2.45, 2.75) is 6.92 Å². The lowest BCUT2D eigenvalue weighted by Crippen LogP contribution is -2.03. The number of halogens is 3. The van der Waals surface area contributed by atoms with Gasteiger partial charge in [-0.1, -0.05) is 36.2 Å². The quantitative estimate of drug-likeness (QED) is 0.498. The molecule has 0 atom stereocenters. The van der Waals surface area contributed by atoms with E-state index in [0.717, 1.165) is 5.75 Å². The van der Waals surface area contributed by atoms with Gasteiger partial charge in [0.15, 0.2) is 5.78 Å². The van der Waals surface area contributed by atoms with Crippen LogP contribution < -0.4 is 5.32 Å². The van der Waals surface area contributed by atoms with Gasteiger partial charge in [0.05, 0.1) is 20.8 Å². The minimum atomic E-state index is -0.380. The van der Waals surface area contributed by atoms with Crippen LogP contribution in [-0.4, -0.2) is 11.5 Å². The van der Waals surface area contributed by atoms with Crippen LogP contribution in [0.4, 0.5) is 10.1 Å². The molecular weight excluding hydrogens is 356 g/mol. The van der Waals surface area contributed by atoms with Crippen LogP contribution in [0.2, 0.25) is 10.0 Å². The molecule has 0 radical (unpaired) electrons. The SMILES string of the molecule is CCS/C(=C\C(=O)c1ccc(F)cc1)Nc1c(Cl)cccc1Cl. The summed E-state index contributed by atoms with van der Waals surface area (Å²) in [5.74, 6) is 0.156. The van der Waals surface area contributed by atoms with Crippen LogP contribution in [0, 0.1) is 5.82 Å². The molecule has 0 aromatic heterocycles. The fourth-order valence-electron chi connectivity index (χ4n) is 1.83. The van der Waals surface area contributed by atoms with Crippen LogP contribution in [0.25, 0.3) is 0 Å². The van der Waals surface area contributed by atoms with Gasteiger partial charge in [-0.05, 0) is 42.2 Å². The molecule has 0 fully saturated rings. The van der Waals surface area contributed by atoms with Gasteiger partial charge >= 0.3 is 0 Å². The summed E-state index contributed by atoms with van der Waals surface area (Å²) in [5, 5.41) is 4.65. The number of carbonyl (C=O) groups excluding carboxylic acids is 1. The van der Waals surface area contributed by atoms with E-state index in [9.17, 15) is 9.18 Å². The number of carbonyl (C=O) groups is 1. The average Bonchev–Trinajstić information content (AvgIpc) is 2.51. The molecule has 0 saturated carbocycles. The molecule has 0 aliphatic rings. The third-order valence-corrected chi connectivity index (χ3v) is 4.35. The summed E-state index contributed by atoms with van der Waals surface area (Å²) in [6, 6.07) is 10.6. The summed E-state index contributed by atoms with van der Waals surface area (Å²) < 4.78 is 12.9. The predicted molar refractivity (Wildman–Crippen MR) is 97.0 cm³/mol. The number of rotatable bonds is 6. The summed E-state index contributed by atoms with van der Waals surface area (Å²) in [6.45, 7) is 1.97. The number of thioether (sulfide) groups is 1. The van der Waals surface area contributed by atoms with Gasteiger partial charge in [0.1, 0.15) is 5.82 Å². The van der Waals surface area contributed by atoms with E-state index in [4.69, 9.17) is 23.2 Å². The Kier molecular flexibility index (Phi) is 6.51. The number of nitrogens with one attached hydrogen (secondary N) is 1. The highest BCUT2D eigenvalue weighted by atomic mass is 35.5. The summed E-state index contributed by atoms with van der Waals surface area (Å²) in [5.41, 5.74) is 0.961. The van der Waals surface area contributed by atoms with Crippen LogP contribution in [0.1, 0.15) is 17.3 Å². The van der Waals surface area contributed by atoms with Gasteiger partial charge < -0.3 is 5.32 Å². The molecule has 0 spiro atoms. The van der Waals surface area contributed by atoms with E-state index in [0.29, 0.717) is 26.3 Å². The summed E-state index contributed by atoms with van der Waals surface area (Å²) >= 11 is 13.7. The topological polar surface area (TPSA) is 29.1 Å². The maximum atomic E-state index is 12.9. The molecule has 0 heterocycles. The van der Waals surface area contributed by atoms with E-state index in [2.05, 4.69) is 5.32 Å². The molecule has 0 saturated heterocycles. The Hall–Kier alpha value is -1.49. The summed E-state index contributed by atoms with van der Waals surface area (Å²) in [7, 11) is 0. The number of hydrogen-bond donors (Lipinski definition) is 1. The van der Waals surface area contributed by atoms with E-state index in [-0.39, 0.29) is 11.6 Å². The first-order chi connectivity index (χ1) is 11.0. The summed E-state index contributed by atoms with van der Waals surface area (Å²) in [6.07, 6.45) is 1.46. The van der Waals surface area contributed by atoms with Crippen molar-refractivity contribution in [3.05, 3.63) is 75.0 Å². The molecule has 0 amide bonds. The lowest BCUT2D eigenvalue weighted by Gasteiger charge is -2.12. The van der Waals surface area contributed by atoms with Crippen molar-refractivity contribution in [3.63, 3.8) is 0 Å². The lowest BCUT2D eigenvalue weighted by atomic mass is 10.1. The Balaban J connectivity index is 2.26. The second kappa shape index (κ2) is 8.39. The number of para-hydroxylation sites is 1. The molecule has 0 bridgehead atoms. The Labute approximate surface area is 148 Å². The fourth-order valence-corrected chi connectivity index (χ4v) is 2.99. The smallest absolute Gasteiger partial charge is 0.188 e. The van der Waals surface area contributed by atoms with Gasteiger partial charge in [-0.3, -0.25) is 4.79 Å². The Morgan fingerprint density at radius 1 is 1.17 bits per heavy atom. The zero-order valence-corrected chi connectivity index (χ0v) is 14.6. The highest BCUT2D eigenvalue weighted by Gasteiger charge is 2.10. The van der Waals surface area contributed by atoms with Crippen molar-refractivity contribution in [1.82, 2.24) is 0 Å². The predicted octanol–water partition coefficient (Wildman–Crippen LogP) is 6.02. The minimum Gasteiger partial charge on any atom is -0.348 e. The molecule has 1 N–H and O–H groups in total. The van der Waals surface area contributed by atoms with E-state index >= 15 is 0 Å². The van der Waals surface area contributed by atoms with Crippen molar-refractivity contribution < 1.29 is 9.18 Å². The Morgan fingerprint density at radius 3 is 2.35 bits per heavy atom. The normalized spacial score (nSPS) is 11.4. The highest BCUT2D eigenvalue weighted by Crippen LogP contribution is 2.33. The van der Waals surface area contributed by atoms with Gasteiger partial charge in [0, 0.05) is 11.6 Å². The van der Waals surface area contributed by atoms with Crippen molar-refractivity contribution in [1.29, 1.82) is 0 Å². The maximum absolute atomic E-state index is 12.9. The number of allylic oxidation sites excluding steroid dienone is 1. The molecule has 2 nitrogen and oxygen atoms in total. The highest BCUT2D eigenvalue weighted by molar-refractivity contribution is 8.03. The minimum absolute atomic E-state index is 0.225. The van der Waals surface area contributed by atoms with E-state index in [1.807, 2.05) is 6.92 Å². The molecule has 2 aromatic carbocycles. The van der Waals surface area contributed by atoms with Crippen LogP contribution in [0.15, 0.2) is 53.6 Å². The van der Waals surface area contributed by atoms with Crippen LogP contribution >= 0.6 is 35.0 Å². The standard InChI is InChI=1S/C17H14Cl2FNOS/c1-2-23-16(21-17-13(18)4-3-5-14(17)19)10-15(22)11-6-8-12(20)9-7-11/h3-10,21H,2H2,1H3/b16-10-. The Morgan fingerprint density at radius 2 is 1.78 bits per heavy atom. The van der Waals surface area contributed by atoms with Gasteiger partial charge in [-0.15, -0.1) is 11.8 Å². The van der Waals surface area contributed by atoms with Crippen LogP contribution in [0.5, 0.6) is 0 Å². The molecule has 23 heavy (non-hydrogen) atoms. The first-order valence-corrected chi connectivity index (χ1v) is 8.61. The number of ketones is 1. The monoisotopic (exact) mass is 369 g/mol. The van der Waals surface area contributed by atoms with E-state index < -0.39 is 0 Å². The first-order valence-electron chi connectivity index (χ1n) is 6.86. The molecular formula is C17H14Cl2FNOS. The van der Waals surface area contributed by atoms with E-state index in [1.54, 1.807) is 18.2 Å². The average molecular weight is 370 g/mol. The first kappa shape index (κ1) is 17.9. The molecule has 120 valence electrons. The Bertz CT molecular complexity index is 712. The number of hydrogen-bond acceptors (Lipinski definition) is 3. The molecule has 6 heteroatoms. The van der Waals surface area contributed by atoms with Gasteiger partial charge in [0.25, 0.3) is 0 Å². The molecule has 0 unspecified atom stereocenters. The second-order valence-corrected chi connectivity index (χ2v) is 6.65. The summed E-state index contributed by atoms with van der Waals surface area (Å²) in [4.78, 5) is 12.3.